The first-order valence-electron chi connectivity index (χ1n) is 4.48. The number of hydrogen-bond donors (Lipinski definition) is 1. The molecule has 6 nitrogen and oxygen atoms in total. The predicted molar refractivity (Wildman–Crippen MR) is 57.6 cm³/mol. The van der Waals surface area contributed by atoms with Crippen molar-refractivity contribution in [1.29, 1.82) is 0 Å². The molecular formula is C8H12N4O2S. The third-order valence-electron chi connectivity index (χ3n) is 2.64. The van der Waals surface area contributed by atoms with Gasteiger partial charge >= 0.3 is 6.03 Å². The largest absolute Gasteiger partial charge is 0.339 e. The van der Waals surface area contributed by atoms with Crippen LogP contribution in [0.3, 0.4) is 0 Å². The van der Waals surface area contributed by atoms with Gasteiger partial charge in [0, 0.05) is 14.1 Å². The Morgan fingerprint density at radius 3 is 2.60 bits per heavy atom. The number of thioether (sulfide) groups is 1. The molecule has 7 heteroatoms. The zero-order valence-electron chi connectivity index (χ0n) is 8.72. The molecule has 1 saturated heterocycles. The molecule has 1 N–H and O–H groups in total. The number of likely N-dealkylation sites (N-methyl/N-ethyl adjacent to an activating group) is 2. The number of urea groups is 1. The molecule has 2 atom stereocenters. The zero-order valence-corrected chi connectivity index (χ0v) is 9.54. The molecule has 0 aliphatic carbocycles. The maximum absolute atomic E-state index is 11.6. The van der Waals surface area contributed by atoms with Crippen molar-refractivity contribution in [3.63, 3.8) is 0 Å². The number of amides is 3. The second-order valence-corrected chi connectivity index (χ2v) is 4.26. The number of hydrogen-bond acceptors (Lipinski definition) is 5. The van der Waals surface area contributed by atoms with Gasteiger partial charge in [-0.15, -0.1) is 0 Å². The molecular weight excluding hydrogens is 216 g/mol. The number of nitrogens with zero attached hydrogens (tertiary/aromatic N) is 3. The Morgan fingerprint density at radius 1 is 1.33 bits per heavy atom. The van der Waals surface area contributed by atoms with E-state index in [1.807, 2.05) is 13.3 Å². The van der Waals surface area contributed by atoms with Crippen LogP contribution in [0, 0.1) is 0 Å². The van der Waals surface area contributed by atoms with Crippen molar-refractivity contribution < 1.29 is 9.59 Å². The monoisotopic (exact) mass is 228 g/mol. The number of amidine groups is 1. The summed E-state index contributed by atoms with van der Waals surface area (Å²) in [6, 6.07) is -0.782. The Kier molecular flexibility index (Phi) is 2.34. The van der Waals surface area contributed by atoms with Gasteiger partial charge in [-0.1, -0.05) is 11.8 Å². The first-order chi connectivity index (χ1) is 7.06. The van der Waals surface area contributed by atoms with E-state index in [2.05, 4.69) is 10.3 Å². The number of rotatable bonds is 0. The van der Waals surface area contributed by atoms with Crippen LogP contribution in [0.1, 0.15) is 0 Å². The van der Waals surface area contributed by atoms with E-state index >= 15 is 0 Å². The summed E-state index contributed by atoms with van der Waals surface area (Å²) in [6.45, 7) is 0. The highest BCUT2D eigenvalue weighted by atomic mass is 32.2. The Bertz CT molecular complexity index is 357. The van der Waals surface area contributed by atoms with Gasteiger partial charge in [-0.25, -0.2) is 9.79 Å². The van der Waals surface area contributed by atoms with Gasteiger partial charge < -0.3 is 9.80 Å². The molecule has 82 valence electrons. The van der Waals surface area contributed by atoms with E-state index in [1.165, 1.54) is 16.7 Å². The summed E-state index contributed by atoms with van der Waals surface area (Å²) in [4.78, 5) is 30.6. The van der Waals surface area contributed by atoms with Crippen molar-refractivity contribution in [2.75, 3.05) is 20.4 Å². The fourth-order valence-electron chi connectivity index (χ4n) is 1.79. The Hall–Kier alpha value is -1.24. The quantitative estimate of drug-likeness (QED) is 0.608. The topological polar surface area (TPSA) is 65.0 Å². The van der Waals surface area contributed by atoms with Gasteiger partial charge in [-0.2, -0.15) is 0 Å². The summed E-state index contributed by atoms with van der Waals surface area (Å²) in [5.74, 6) is -0.279. The maximum Gasteiger partial charge on any atom is 0.325 e. The van der Waals surface area contributed by atoms with Crippen LogP contribution >= 0.6 is 11.8 Å². The first-order valence-corrected chi connectivity index (χ1v) is 5.71. The van der Waals surface area contributed by atoms with E-state index in [-0.39, 0.29) is 11.9 Å². The minimum absolute atomic E-state index is 0.279. The molecule has 0 saturated carbocycles. The van der Waals surface area contributed by atoms with Crippen molar-refractivity contribution in [1.82, 2.24) is 15.1 Å². The number of carbonyl (C=O) groups is 2. The lowest BCUT2D eigenvalue weighted by molar-refractivity contribution is -0.126. The number of nitrogens with one attached hydrogen (secondary N) is 1. The molecule has 2 heterocycles. The molecule has 2 aliphatic heterocycles. The molecule has 1 fully saturated rings. The maximum atomic E-state index is 11.6. The van der Waals surface area contributed by atoms with Crippen molar-refractivity contribution in [2.24, 2.45) is 4.99 Å². The Labute approximate surface area is 91.7 Å². The normalized spacial score (nSPS) is 30.2. The fourth-order valence-corrected chi connectivity index (χ4v) is 2.40. The van der Waals surface area contributed by atoms with E-state index in [1.54, 1.807) is 11.9 Å². The Balaban J connectivity index is 2.33. The van der Waals surface area contributed by atoms with Gasteiger partial charge in [0.25, 0.3) is 5.91 Å². The van der Waals surface area contributed by atoms with Crippen LogP contribution in [0.25, 0.3) is 0 Å². The number of fused-ring (bicyclic) bond motifs is 1. The number of carbonyl (C=O) groups excluding carboxylic acids is 2. The van der Waals surface area contributed by atoms with Gasteiger partial charge in [-0.3, -0.25) is 10.1 Å². The average Bonchev–Trinajstić information content (AvgIpc) is 2.53. The van der Waals surface area contributed by atoms with Crippen molar-refractivity contribution in [3.05, 3.63) is 0 Å². The molecule has 3 amide bonds. The van der Waals surface area contributed by atoms with Gasteiger partial charge in [0.1, 0.15) is 0 Å². The molecule has 0 spiro atoms. The van der Waals surface area contributed by atoms with Crippen molar-refractivity contribution >= 4 is 28.9 Å². The van der Waals surface area contributed by atoms with Gasteiger partial charge in [-0.05, 0) is 6.26 Å². The van der Waals surface area contributed by atoms with Crippen LogP contribution in [-0.2, 0) is 4.79 Å². The van der Waals surface area contributed by atoms with E-state index in [9.17, 15) is 9.59 Å². The highest BCUT2D eigenvalue weighted by Gasteiger charge is 2.46. The van der Waals surface area contributed by atoms with E-state index in [0.717, 1.165) is 5.17 Å². The molecule has 0 aromatic heterocycles. The molecule has 15 heavy (non-hydrogen) atoms. The minimum atomic E-state index is -0.393. The molecule has 2 rings (SSSR count). The van der Waals surface area contributed by atoms with Crippen LogP contribution < -0.4 is 5.32 Å². The van der Waals surface area contributed by atoms with Gasteiger partial charge in [0.15, 0.2) is 17.4 Å². The zero-order chi connectivity index (χ0) is 11.2. The molecule has 0 aromatic rings. The van der Waals surface area contributed by atoms with E-state index < -0.39 is 12.2 Å². The molecule has 2 aliphatic rings. The fraction of sp³-hybridized carbons (Fsp3) is 0.625. The summed E-state index contributed by atoms with van der Waals surface area (Å²) < 4.78 is 0. The average molecular weight is 228 g/mol. The highest BCUT2D eigenvalue weighted by molar-refractivity contribution is 8.13. The third kappa shape index (κ3) is 1.38. The number of aliphatic imine (C=N–C) groups is 1. The third-order valence-corrected chi connectivity index (χ3v) is 3.40. The lowest BCUT2D eigenvalue weighted by Gasteiger charge is -2.34. The summed E-state index contributed by atoms with van der Waals surface area (Å²) in [5, 5.41) is 3.08. The molecule has 0 aromatic carbocycles. The van der Waals surface area contributed by atoms with E-state index in [4.69, 9.17) is 0 Å². The summed E-state index contributed by atoms with van der Waals surface area (Å²) in [5.41, 5.74) is 0. The Morgan fingerprint density at radius 2 is 2.00 bits per heavy atom. The second kappa shape index (κ2) is 3.41. The predicted octanol–water partition coefficient (Wildman–Crippen LogP) is -0.473. The molecule has 0 radical (unpaired) electrons. The van der Waals surface area contributed by atoms with Crippen LogP contribution in [0.15, 0.2) is 4.99 Å². The lowest BCUT2D eigenvalue weighted by atomic mass is 10.1. The standard InChI is InChI=1S/C8H12N4O2S/c1-11-4-5(9-8(11)15-3)12(2)7(14)10-6(4)13/h4-5H,1-3H3,(H,10,13,14). The van der Waals surface area contributed by atoms with Crippen molar-refractivity contribution in [2.45, 2.75) is 12.2 Å². The lowest BCUT2D eigenvalue weighted by Crippen LogP contribution is -2.63. The highest BCUT2D eigenvalue weighted by Crippen LogP contribution is 2.25. The summed E-state index contributed by atoms with van der Waals surface area (Å²) >= 11 is 1.47. The molecule has 0 bridgehead atoms. The summed E-state index contributed by atoms with van der Waals surface area (Å²) in [7, 11) is 3.45. The first kappa shape index (κ1) is 10.3. The smallest absolute Gasteiger partial charge is 0.325 e. The number of imide groups is 1. The second-order valence-electron chi connectivity index (χ2n) is 3.49. The minimum Gasteiger partial charge on any atom is -0.339 e. The van der Waals surface area contributed by atoms with Crippen molar-refractivity contribution in [3.8, 4) is 0 Å². The van der Waals surface area contributed by atoms with Gasteiger partial charge in [0.05, 0.1) is 0 Å². The SMILES string of the molecule is CSC1=NC2C(C(=O)NC(=O)N2C)N1C. The van der Waals surface area contributed by atoms with Crippen LogP contribution in [0.5, 0.6) is 0 Å². The summed E-state index contributed by atoms with van der Waals surface area (Å²) in [6.07, 6.45) is 1.51. The molecule has 2 unspecified atom stereocenters. The van der Waals surface area contributed by atoms with Crippen LogP contribution in [0.4, 0.5) is 4.79 Å². The van der Waals surface area contributed by atoms with Crippen LogP contribution in [0.2, 0.25) is 0 Å². The van der Waals surface area contributed by atoms with E-state index in [0.29, 0.717) is 0 Å². The van der Waals surface area contributed by atoms with Gasteiger partial charge in [0.2, 0.25) is 0 Å². The van der Waals surface area contributed by atoms with Crippen LogP contribution in [-0.4, -0.2) is 59.5 Å².